The van der Waals surface area contributed by atoms with Crippen molar-refractivity contribution in [1.29, 1.82) is 0 Å². The van der Waals surface area contributed by atoms with E-state index in [-0.39, 0.29) is 16.8 Å². The third kappa shape index (κ3) is 2.95. The minimum atomic E-state index is -0.366. The van der Waals surface area contributed by atoms with Gasteiger partial charge in [-0.05, 0) is 24.3 Å². The number of rotatable bonds is 3. The Kier molecular flexibility index (Phi) is 3.74. The van der Waals surface area contributed by atoms with Gasteiger partial charge >= 0.3 is 0 Å². The van der Waals surface area contributed by atoms with E-state index >= 15 is 0 Å². The number of halogens is 1. The second-order valence-electron chi connectivity index (χ2n) is 3.38. The first-order valence-electron chi connectivity index (χ1n) is 5.13. The van der Waals surface area contributed by atoms with Crippen molar-refractivity contribution < 1.29 is 9.53 Å². The van der Waals surface area contributed by atoms with Gasteiger partial charge in [0.2, 0.25) is 0 Å². The summed E-state index contributed by atoms with van der Waals surface area (Å²) in [6.45, 7) is 0. The lowest BCUT2D eigenvalue weighted by Crippen LogP contribution is -2.14. The van der Waals surface area contributed by atoms with Gasteiger partial charge in [0.25, 0.3) is 5.91 Å². The molecule has 0 aliphatic rings. The van der Waals surface area contributed by atoms with Crippen LogP contribution >= 0.6 is 11.6 Å². The van der Waals surface area contributed by atoms with E-state index in [9.17, 15) is 4.79 Å². The largest absolute Gasteiger partial charge is 0.495 e. The molecule has 2 heterocycles. The summed E-state index contributed by atoms with van der Waals surface area (Å²) in [5, 5.41) is 2.88. The lowest BCUT2D eigenvalue weighted by molar-refractivity contribution is 0.102. The number of anilines is 1. The van der Waals surface area contributed by atoms with Crippen molar-refractivity contribution in [2.24, 2.45) is 0 Å². The standard InChI is InChI=1S/C12H10ClN3O2/c1-18-8-5-6-11(14-7-8)16-12(17)9-3-2-4-10(13)15-9/h2-7H,1H3,(H,14,16,17). The Morgan fingerprint density at radius 3 is 2.78 bits per heavy atom. The van der Waals surface area contributed by atoms with Crippen LogP contribution in [0.15, 0.2) is 36.5 Å². The van der Waals surface area contributed by atoms with Crippen molar-refractivity contribution in [3.63, 3.8) is 0 Å². The van der Waals surface area contributed by atoms with E-state index in [0.717, 1.165) is 0 Å². The van der Waals surface area contributed by atoms with Crippen LogP contribution in [-0.2, 0) is 0 Å². The number of nitrogens with zero attached hydrogens (tertiary/aromatic N) is 2. The summed E-state index contributed by atoms with van der Waals surface area (Å²) >= 11 is 5.71. The molecule has 2 aromatic rings. The molecule has 1 N–H and O–H groups in total. The quantitative estimate of drug-likeness (QED) is 0.864. The number of pyridine rings is 2. The van der Waals surface area contributed by atoms with Crippen LogP contribution in [-0.4, -0.2) is 23.0 Å². The van der Waals surface area contributed by atoms with Crippen LogP contribution in [0.5, 0.6) is 5.75 Å². The second kappa shape index (κ2) is 5.46. The number of hydrogen-bond acceptors (Lipinski definition) is 4. The van der Waals surface area contributed by atoms with E-state index in [2.05, 4.69) is 15.3 Å². The maximum atomic E-state index is 11.8. The average Bonchev–Trinajstić information content (AvgIpc) is 2.39. The van der Waals surface area contributed by atoms with Gasteiger partial charge in [-0.3, -0.25) is 4.79 Å². The Labute approximate surface area is 109 Å². The van der Waals surface area contributed by atoms with Gasteiger partial charge in [-0.25, -0.2) is 9.97 Å². The van der Waals surface area contributed by atoms with Gasteiger partial charge in [0, 0.05) is 0 Å². The highest BCUT2D eigenvalue weighted by Crippen LogP contribution is 2.12. The normalized spacial score (nSPS) is 9.89. The van der Waals surface area contributed by atoms with Crippen molar-refractivity contribution >= 4 is 23.3 Å². The summed E-state index contributed by atoms with van der Waals surface area (Å²) in [7, 11) is 1.55. The van der Waals surface area contributed by atoms with Gasteiger partial charge in [0.15, 0.2) is 0 Å². The first kappa shape index (κ1) is 12.3. The summed E-state index contributed by atoms with van der Waals surface area (Å²) in [5.74, 6) is 0.673. The number of carbonyl (C=O) groups is 1. The molecule has 2 rings (SSSR count). The van der Waals surface area contributed by atoms with E-state index in [4.69, 9.17) is 16.3 Å². The number of amides is 1. The molecule has 0 aliphatic carbocycles. The minimum Gasteiger partial charge on any atom is -0.495 e. The molecule has 0 radical (unpaired) electrons. The topological polar surface area (TPSA) is 64.1 Å². The highest BCUT2D eigenvalue weighted by molar-refractivity contribution is 6.29. The number of aromatic nitrogens is 2. The van der Waals surface area contributed by atoms with Gasteiger partial charge in [-0.1, -0.05) is 17.7 Å². The third-order valence-corrected chi connectivity index (χ3v) is 2.37. The summed E-state index contributed by atoms with van der Waals surface area (Å²) in [6.07, 6.45) is 1.51. The zero-order valence-corrected chi connectivity index (χ0v) is 10.3. The number of nitrogens with one attached hydrogen (secondary N) is 1. The first-order valence-corrected chi connectivity index (χ1v) is 5.51. The third-order valence-electron chi connectivity index (χ3n) is 2.16. The van der Waals surface area contributed by atoms with E-state index in [1.807, 2.05) is 0 Å². The summed E-state index contributed by atoms with van der Waals surface area (Å²) < 4.78 is 4.97. The molecule has 0 aliphatic heterocycles. The smallest absolute Gasteiger partial charge is 0.275 e. The predicted octanol–water partition coefficient (Wildman–Crippen LogP) is 2.39. The van der Waals surface area contributed by atoms with Crippen LogP contribution < -0.4 is 10.1 Å². The van der Waals surface area contributed by atoms with Crippen LogP contribution in [0.3, 0.4) is 0 Å². The van der Waals surface area contributed by atoms with Gasteiger partial charge in [0.1, 0.15) is 22.4 Å². The molecule has 0 spiro atoms. The van der Waals surface area contributed by atoms with Crippen molar-refractivity contribution in [2.45, 2.75) is 0 Å². The van der Waals surface area contributed by atoms with Crippen LogP contribution in [0, 0.1) is 0 Å². The molecule has 0 fully saturated rings. The van der Waals surface area contributed by atoms with Crippen molar-refractivity contribution in [3.05, 3.63) is 47.4 Å². The maximum Gasteiger partial charge on any atom is 0.275 e. The molecule has 0 bridgehead atoms. The molecule has 0 saturated carbocycles. The minimum absolute atomic E-state index is 0.236. The summed E-state index contributed by atoms with van der Waals surface area (Å²) in [6, 6.07) is 8.18. The van der Waals surface area contributed by atoms with Crippen LogP contribution in [0.2, 0.25) is 5.15 Å². The molecule has 6 heteroatoms. The predicted molar refractivity (Wildman–Crippen MR) is 68.0 cm³/mol. The van der Waals surface area contributed by atoms with E-state index in [1.165, 1.54) is 6.20 Å². The molecule has 2 aromatic heterocycles. The fourth-order valence-corrected chi connectivity index (χ4v) is 1.45. The van der Waals surface area contributed by atoms with Crippen LogP contribution in [0.25, 0.3) is 0 Å². The van der Waals surface area contributed by atoms with E-state index in [0.29, 0.717) is 11.6 Å². The van der Waals surface area contributed by atoms with Crippen molar-refractivity contribution in [1.82, 2.24) is 9.97 Å². The van der Waals surface area contributed by atoms with Crippen LogP contribution in [0.1, 0.15) is 10.5 Å². The molecule has 18 heavy (non-hydrogen) atoms. The fraction of sp³-hybridized carbons (Fsp3) is 0.0833. The molecular formula is C12H10ClN3O2. The molecule has 1 amide bonds. The molecule has 5 nitrogen and oxygen atoms in total. The van der Waals surface area contributed by atoms with Gasteiger partial charge in [-0.15, -0.1) is 0 Å². The lowest BCUT2D eigenvalue weighted by Gasteiger charge is -2.04. The number of methoxy groups -OCH3 is 1. The highest BCUT2D eigenvalue weighted by Gasteiger charge is 2.08. The number of carbonyl (C=O) groups excluding carboxylic acids is 1. The number of ether oxygens (including phenoxy) is 1. The summed E-state index contributed by atoms with van der Waals surface area (Å²) in [4.78, 5) is 19.7. The molecule has 0 unspecified atom stereocenters. The zero-order valence-electron chi connectivity index (χ0n) is 9.55. The van der Waals surface area contributed by atoms with Gasteiger partial charge in [0.05, 0.1) is 13.3 Å². The Bertz CT molecular complexity index is 558. The summed E-state index contributed by atoms with van der Waals surface area (Å²) in [5.41, 5.74) is 0.236. The highest BCUT2D eigenvalue weighted by atomic mass is 35.5. The fourth-order valence-electron chi connectivity index (χ4n) is 1.29. The van der Waals surface area contributed by atoms with Crippen molar-refractivity contribution in [2.75, 3.05) is 12.4 Å². The maximum absolute atomic E-state index is 11.8. The molecule has 0 atom stereocenters. The van der Waals surface area contributed by atoms with Crippen molar-refractivity contribution in [3.8, 4) is 5.75 Å². The van der Waals surface area contributed by atoms with Gasteiger partial charge < -0.3 is 10.1 Å². The number of hydrogen-bond donors (Lipinski definition) is 1. The zero-order chi connectivity index (χ0) is 13.0. The molecule has 0 aromatic carbocycles. The molecular weight excluding hydrogens is 254 g/mol. The Balaban J connectivity index is 2.11. The Morgan fingerprint density at radius 2 is 2.17 bits per heavy atom. The monoisotopic (exact) mass is 263 g/mol. The SMILES string of the molecule is COc1ccc(NC(=O)c2cccc(Cl)n2)nc1. The van der Waals surface area contributed by atoms with E-state index < -0.39 is 0 Å². The average molecular weight is 264 g/mol. The van der Waals surface area contributed by atoms with Gasteiger partial charge in [-0.2, -0.15) is 0 Å². The Hall–Kier alpha value is -2.14. The van der Waals surface area contributed by atoms with Crippen LogP contribution in [0.4, 0.5) is 5.82 Å². The Morgan fingerprint density at radius 1 is 1.33 bits per heavy atom. The molecule has 0 saturated heterocycles. The lowest BCUT2D eigenvalue weighted by atomic mass is 10.3. The second-order valence-corrected chi connectivity index (χ2v) is 3.77. The molecule has 92 valence electrons. The first-order chi connectivity index (χ1) is 8.69. The van der Waals surface area contributed by atoms with E-state index in [1.54, 1.807) is 37.4 Å².